The van der Waals surface area contributed by atoms with Crippen molar-refractivity contribution in [2.24, 2.45) is 35.5 Å². The summed E-state index contributed by atoms with van der Waals surface area (Å²) < 4.78 is 117. The van der Waals surface area contributed by atoms with Gasteiger partial charge in [-0.05, 0) is 248 Å². The Balaban J connectivity index is -0.000000374. The van der Waals surface area contributed by atoms with Gasteiger partial charge >= 0.3 is 85.1 Å². The third-order valence-corrected chi connectivity index (χ3v) is 25.3. The zero-order valence-electron chi connectivity index (χ0n) is 87.8. The molecule has 2 saturated carbocycles. The van der Waals surface area contributed by atoms with Gasteiger partial charge in [-0.3, -0.25) is 19.4 Å². The van der Waals surface area contributed by atoms with E-state index in [-0.39, 0.29) is 150 Å². The van der Waals surface area contributed by atoms with Crippen LogP contribution in [0.2, 0.25) is 18.1 Å². The van der Waals surface area contributed by atoms with E-state index in [9.17, 15) is 55.1 Å². The number of likely N-dealkylation sites (N-methyl/N-ethyl adjacent to an activating group) is 2. The Bertz CT molecular complexity index is 4180. The van der Waals surface area contributed by atoms with Crippen LogP contribution in [0.5, 0.6) is 0 Å². The van der Waals surface area contributed by atoms with Crippen molar-refractivity contribution < 1.29 is 145 Å². The number of esters is 6. The Labute approximate surface area is 833 Å². The first-order valence-corrected chi connectivity index (χ1v) is 49.8. The van der Waals surface area contributed by atoms with Crippen LogP contribution in [0.3, 0.4) is 0 Å². The first kappa shape index (κ1) is 140. The fourth-order valence-corrected chi connectivity index (χ4v) is 14.8. The predicted octanol–water partition coefficient (Wildman–Crippen LogP) is 18.8. The van der Waals surface area contributed by atoms with Gasteiger partial charge in [0.25, 0.3) is 0 Å². The van der Waals surface area contributed by atoms with Crippen LogP contribution in [0.4, 0.5) is 49.1 Å². The number of alkyl halides is 6. The maximum Gasteiger partial charge on any atom is 0.405 e. The first-order valence-electron chi connectivity index (χ1n) is 46.1. The number of carbonyl (C=O) groups excluding carboxylic acids is 18. The maximum atomic E-state index is 13.1. The molecule has 4 aromatic rings. The van der Waals surface area contributed by atoms with Crippen LogP contribution >= 0.6 is 15.9 Å². The molecule has 0 aromatic heterocycles. The van der Waals surface area contributed by atoms with Crippen LogP contribution in [-0.4, -0.2) is 235 Å². The van der Waals surface area contributed by atoms with Crippen molar-refractivity contribution in [2.75, 3.05) is 59.9 Å². The van der Waals surface area contributed by atoms with Crippen LogP contribution in [0.1, 0.15) is 226 Å². The molecule has 0 spiro atoms. The van der Waals surface area contributed by atoms with Crippen molar-refractivity contribution in [3.05, 3.63) is 120 Å². The van der Waals surface area contributed by atoms with Crippen LogP contribution in [-0.2, 0) is 119 Å². The topological polar surface area (TPSA) is 391 Å². The van der Waals surface area contributed by atoms with Gasteiger partial charge in [0.2, 0.25) is 0 Å². The summed E-state index contributed by atoms with van der Waals surface area (Å²) in [5.41, 5.74) is 2.70. The summed E-state index contributed by atoms with van der Waals surface area (Å²) in [5.74, 6) is -1.51. The summed E-state index contributed by atoms with van der Waals surface area (Å²) >= 11 is 3.26. The molecule has 2 fully saturated rings. The average molecular weight is 2080 g/mol. The largest absolute Gasteiger partial charge is 0.462 e. The molecular weight excluding hydrogens is 1920 g/mol. The second kappa shape index (κ2) is 74.3. The lowest BCUT2D eigenvalue weighted by Crippen LogP contribution is -2.50. The molecule has 6 atom stereocenters. The minimum atomic E-state index is -4.44. The molecule has 39 heteroatoms. The molecular formula is C101H155BrF6N6O25Si. The summed E-state index contributed by atoms with van der Waals surface area (Å²) in [6.45, 7) is 59.4. The van der Waals surface area contributed by atoms with Crippen molar-refractivity contribution >= 4 is 120 Å². The van der Waals surface area contributed by atoms with Crippen molar-refractivity contribution in [3.63, 3.8) is 0 Å². The summed E-state index contributed by atoms with van der Waals surface area (Å²) in [5, 5.41) is 0.165. The molecule has 0 bridgehead atoms. The van der Waals surface area contributed by atoms with Gasteiger partial charge in [0.1, 0.15) is 49.3 Å². The third kappa shape index (κ3) is 62.5. The number of carbonyl (C=O) groups is 6. The number of nitrogens with zero attached hydrogens (tertiary/aromatic N) is 6. The van der Waals surface area contributed by atoms with Crippen molar-refractivity contribution in [1.29, 1.82) is 0 Å². The minimum absolute atomic E-state index is 0.0102. The SMILES string of the molecule is CC(C)OC(=O)C(C(C)C)N(C)C(C)C.CC(C)OC(=O)C(C(C)C)N(C)c1ccccc1.CC(C)OC(=O)C(C(C)C)N(C1CC1)C1CC1.CC(C)OC(=O)C(C(C)C)N(CC(F)(F)F)c1ccccc1.CC(C)OC(=O)C(C(C)C)N(CC(F)(F)F)c1ccccc1Br.CC(C)OC(=O)C(C(C)C)N(CCO[Si](C)(C)C(C)(C)C)c1ccccc1.O=C=O.O=C=O.O=C=O.O=C=O.O=C=O.O=C=O. The molecule has 0 N–H and O–H groups in total. The molecule has 0 heterocycles. The molecule has 792 valence electrons. The maximum absolute atomic E-state index is 13.1. The van der Waals surface area contributed by atoms with Crippen LogP contribution in [0.15, 0.2) is 120 Å². The van der Waals surface area contributed by atoms with Crippen molar-refractivity contribution in [1.82, 2.24) is 9.80 Å². The minimum Gasteiger partial charge on any atom is -0.462 e. The van der Waals surface area contributed by atoms with E-state index in [1.54, 1.807) is 110 Å². The first-order chi connectivity index (χ1) is 64.7. The summed E-state index contributed by atoms with van der Waals surface area (Å²) in [6, 6.07) is 33.5. The van der Waals surface area contributed by atoms with E-state index in [2.05, 4.69) is 106 Å². The molecule has 0 aliphatic heterocycles. The van der Waals surface area contributed by atoms with E-state index in [1.165, 1.54) is 25.7 Å². The molecule has 4 aromatic carbocycles. The fourth-order valence-electron chi connectivity index (χ4n) is 13.3. The molecule has 6 rings (SSSR count). The highest BCUT2D eigenvalue weighted by Crippen LogP contribution is 2.42. The van der Waals surface area contributed by atoms with E-state index < -0.39 is 63.9 Å². The summed E-state index contributed by atoms with van der Waals surface area (Å²) in [7, 11) is 2.07. The van der Waals surface area contributed by atoms with Crippen LogP contribution < -0.4 is 19.6 Å². The lowest BCUT2D eigenvalue weighted by Gasteiger charge is -2.39. The molecule has 0 radical (unpaired) electrons. The van der Waals surface area contributed by atoms with Gasteiger partial charge in [-0.2, -0.15) is 83.9 Å². The highest BCUT2D eigenvalue weighted by atomic mass is 79.9. The monoisotopic (exact) mass is 2070 g/mol. The van der Waals surface area contributed by atoms with Gasteiger partial charge in [0, 0.05) is 53.3 Å². The molecule has 2 aliphatic carbocycles. The summed E-state index contributed by atoms with van der Waals surface area (Å²) in [4.78, 5) is 182. The average Bonchev–Trinajstić information content (AvgIpc) is 1.61. The molecule has 0 saturated heterocycles. The Morgan fingerprint density at radius 1 is 0.350 bits per heavy atom. The second-order valence-electron chi connectivity index (χ2n) is 37.6. The quantitative estimate of drug-likeness (QED) is 0.0175. The van der Waals surface area contributed by atoms with E-state index in [1.807, 2.05) is 163 Å². The summed E-state index contributed by atoms with van der Waals surface area (Å²) in [6.07, 6.45) is -3.35. The number of anilines is 4. The fraction of sp³-hybridized carbons (Fsp3) is 0.644. The third-order valence-electron chi connectivity index (χ3n) is 20.1. The molecule has 0 amide bonds. The number of halogens is 7. The Morgan fingerprint density at radius 3 is 0.843 bits per heavy atom. The van der Waals surface area contributed by atoms with Crippen molar-refractivity contribution in [3.8, 4) is 0 Å². The zero-order valence-corrected chi connectivity index (χ0v) is 90.4. The number of benzene rings is 4. The predicted molar refractivity (Wildman–Crippen MR) is 519 cm³/mol. The van der Waals surface area contributed by atoms with Gasteiger partial charge in [0.05, 0.1) is 48.9 Å². The van der Waals surface area contributed by atoms with E-state index in [0.29, 0.717) is 53.0 Å². The highest BCUT2D eigenvalue weighted by Gasteiger charge is 2.48. The van der Waals surface area contributed by atoms with E-state index in [0.717, 1.165) is 21.2 Å². The van der Waals surface area contributed by atoms with E-state index in [4.69, 9.17) is 90.4 Å². The highest BCUT2D eigenvalue weighted by molar-refractivity contribution is 9.10. The Kier molecular flexibility index (Phi) is 74.3. The Hall–Kier alpha value is -10.7. The zero-order chi connectivity index (χ0) is 110. The standard InChI is InChI=1S/C22H39NO3Si.C16H21BrF3NO2.C16H22F3NO2.C15H23NO2.C14H25NO2.C12H25NO2.6CO2/c1-17(2)20(21(24)26-18(3)4)23(19-13-11-10-12-14-19)15-16-25-27(8,9)22(5,6)7;1-10(2)14(15(22)23-11(3)4)21(9-16(18,19)20)13-8-6-5-7-12(13)17;1-11(2)14(15(21)22-12(3)4)20(10-16(17,18)19)13-8-6-5-7-9-13;1-11(2)14(15(17)18-12(3)4)16(5)13-9-7-6-8-10-13;1-9(2)13(14(16)17-10(3)4)15(11-5-6-11)12-7-8-12;1-8(2)11(13(7)9(3)4)12(14)15-10(5)6;6*2-1-3/h10-14,17-18,20H,15-16H2,1-9H3;5-8,10-11,14H,9H2,1-4H3;5-9,11-12,14H,10H2,1-4H3;6-12,14H,1-5H3;9-13H,5-8H2,1-4H3;8-11H,1-7H3;;;;;;. The van der Waals surface area contributed by atoms with Gasteiger partial charge in [-0.1, -0.05) is 171 Å². The second-order valence-corrected chi connectivity index (χ2v) is 43.2. The number of hydrogen-bond acceptors (Lipinski definition) is 31. The van der Waals surface area contributed by atoms with Crippen LogP contribution in [0, 0.1) is 35.5 Å². The number of rotatable bonds is 37. The number of para-hydroxylation sites is 4. The molecule has 140 heavy (non-hydrogen) atoms. The van der Waals surface area contributed by atoms with Gasteiger partial charge < -0.3 is 52.4 Å². The molecule has 2 aliphatic rings. The van der Waals surface area contributed by atoms with E-state index >= 15 is 0 Å². The Morgan fingerprint density at radius 2 is 0.586 bits per heavy atom. The molecule has 31 nitrogen and oxygen atoms in total. The number of hydrogen-bond donors (Lipinski definition) is 0. The number of ether oxygens (including phenoxy) is 6. The van der Waals surface area contributed by atoms with Gasteiger partial charge in [-0.25, -0.2) is 19.2 Å². The normalized spacial score (nSPS) is 13.1. The lowest BCUT2D eigenvalue weighted by molar-refractivity contribution is -0.193. The smallest absolute Gasteiger partial charge is 0.405 e. The van der Waals surface area contributed by atoms with Gasteiger partial charge in [0.15, 0.2) is 8.32 Å². The van der Waals surface area contributed by atoms with Crippen LogP contribution in [0.25, 0.3) is 0 Å². The lowest BCUT2D eigenvalue weighted by atomic mass is 10.0. The molecule has 6 unspecified atom stereocenters. The van der Waals surface area contributed by atoms with Crippen molar-refractivity contribution in [2.45, 2.75) is 348 Å². The van der Waals surface area contributed by atoms with Gasteiger partial charge in [-0.15, -0.1) is 0 Å².